The molecule has 0 aliphatic carbocycles. The molecule has 2 aromatic carbocycles. The molecule has 5 nitrogen and oxygen atoms in total. The van der Waals surface area contributed by atoms with E-state index in [1.54, 1.807) is 0 Å². The summed E-state index contributed by atoms with van der Waals surface area (Å²) in [5.74, 6) is -1.54. The van der Waals surface area contributed by atoms with Crippen LogP contribution in [0.15, 0.2) is 41.3 Å². The zero-order valence-corrected chi connectivity index (χ0v) is 10.9. The van der Waals surface area contributed by atoms with Gasteiger partial charge in [-0.15, -0.1) is 0 Å². The maximum absolute atomic E-state index is 13.1. The first-order valence-corrected chi connectivity index (χ1v) is 6.96. The molecule has 8 heteroatoms. The van der Waals surface area contributed by atoms with E-state index in [9.17, 15) is 17.2 Å². The predicted molar refractivity (Wildman–Crippen MR) is 71.9 cm³/mol. The first-order valence-electron chi connectivity index (χ1n) is 5.42. The first-order chi connectivity index (χ1) is 9.27. The molecule has 0 heterocycles. The number of hydrogen-bond acceptors (Lipinski definition) is 4. The van der Waals surface area contributed by atoms with Gasteiger partial charge in [-0.3, -0.25) is 0 Å². The van der Waals surface area contributed by atoms with Gasteiger partial charge in [-0.2, -0.15) is 0 Å². The summed E-state index contributed by atoms with van der Waals surface area (Å²) in [6.07, 6.45) is 0. The topological polar surface area (TPSA) is 98.2 Å². The Bertz CT molecular complexity index is 743. The van der Waals surface area contributed by atoms with E-state index in [1.807, 2.05) is 0 Å². The highest BCUT2D eigenvalue weighted by atomic mass is 32.2. The number of nitrogen functional groups attached to an aromatic ring is 1. The average Bonchev–Trinajstić information content (AvgIpc) is 2.29. The van der Waals surface area contributed by atoms with Crippen molar-refractivity contribution in [3.05, 3.63) is 48.0 Å². The highest BCUT2D eigenvalue weighted by Crippen LogP contribution is 2.29. The number of hydrogen-bond donors (Lipinski definition) is 3. The van der Waals surface area contributed by atoms with Crippen LogP contribution in [0.1, 0.15) is 0 Å². The van der Waals surface area contributed by atoms with Gasteiger partial charge in [0.2, 0.25) is 10.0 Å². The summed E-state index contributed by atoms with van der Waals surface area (Å²) < 4.78 is 48.8. The fourth-order valence-electron chi connectivity index (χ4n) is 1.68. The lowest BCUT2D eigenvalue weighted by atomic mass is 10.2. The first kappa shape index (κ1) is 14.2. The maximum atomic E-state index is 13.1. The Morgan fingerprint density at radius 2 is 1.65 bits per heavy atom. The summed E-state index contributed by atoms with van der Waals surface area (Å²) >= 11 is 0. The number of nitrogens with two attached hydrogens (primary N) is 2. The Hall–Kier alpha value is -2.19. The third-order valence-corrected chi connectivity index (χ3v) is 3.48. The van der Waals surface area contributed by atoms with E-state index in [0.29, 0.717) is 0 Å². The number of nitrogens with one attached hydrogen (secondary N) is 1. The second-order valence-electron chi connectivity index (χ2n) is 4.05. The van der Waals surface area contributed by atoms with Crippen molar-refractivity contribution in [2.24, 2.45) is 5.14 Å². The lowest BCUT2D eigenvalue weighted by Crippen LogP contribution is -2.15. The molecule has 2 aromatic rings. The van der Waals surface area contributed by atoms with E-state index in [-0.39, 0.29) is 22.0 Å². The van der Waals surface area contributed by atoms with E-state index >= 15 is 0 Å². The van der Waals surface area contributed by atoms with Crippen LogP contribution < -0.4 is 16.2 Å². The quantitative estimate of drug-likeness (QED) is 0.754. The van der Waals surface area contributed by atoms with Crippen molar-refractivity contribution in [2.75, 3.05) is 11.1 Å². The SMILES string of the molecule is Nc1c(Nc2cc(F)cc(F)c2)cccc1S(N)(=O)=O. The van der Waals surface area contributed by atoms with E-state index < -0.39 is 21.7 Å². The molecule has 0 aliphatic rings. The molecule has 0 unspecified atom stereocenters. The van der Waals surface area contributed by atoms with Gasteiger partial charge in [-0.25, -0.2) is 22.3 Å². The highest BCUT2D eigenvalue weighted by Gasteiger charge is 2.15. The van der Waals surface area contributed by atoms with Gasteiger partial charge in [0.1, 0.15) is 16.5 Å². The molecule has 0 fully saturated rings. The number of rotatable bonds is 3. The van der Waals surface area contributed by atoms with Crippen LogP contribution in [0.2, 0.25) is 0 Å². The van der Waals surface area contributed by atoms with Crippen molar-refractivity contribution in [3.63, 3.8) is 0 Å². The van der Waals surface area contributed by atoms with Crippen molar-refractivity contribution in [2.45, 2.75) is 4.90 Å². The van der Waals surface area contributed by atoms with E-state index in [1.165, 1.54) is 18.2 Å². The molecule has 5 N–H and O–H groups in total. The number of benzene rings is 2. The van der Waals surface area contributed by atoms with Crippen molar-refractivity contribution in [1.82, 2.24) is 0 Å². The van der Waals surface area contributed by atoms with Crippen LogP contribution in [0.25, 0.3) is 0 Å². The molecule has 0 saturated heterocycles. The van der Waals surface area contributed by atoms with Crippen LogP contribution >= 0.6 is 0 Å². The van der Waals surface area contributed by atoms with Crippen LogP contribution in [-0.2, 0) is 10.0 Å². The average molecular weight is 299 g/mol. The normalized spacial score (nSPS) is 11.3. The molecule has 0 spiro atoms. The largest absolute Gasteiger partial charge is 0.396 e. The molecule has 0 aromatic heterocycles. The number of primary sulfonamides is 1. The molecule has 0 saturated carbocycles. The van der Waals surface area contributed by atoms with Crippen molar-refractivity contribution < 1.29 is 17.2 Å². The molecular weight excluding hydrogens is 288 g/mol. The summed E-state index contributed by atoms with van der Waals surface area (Å²) in [6, 6.07) is 6.93. The van der Waals surface area contributed by atoms with Gasteiger partial charge in [-0.05, 0) is 24.3 Å². The maximum Gasteiger partial charge on any atom is 0.240 e. The summed E-state index contributed by atoms with van der Waals surface area (Å²) in [7, 11) is -3.98. The number of para-hydroxylation sites is 1. The zero-order chi connectivity index (χ0) is 14.9. The summed E-state index contributed by atoms with van der Waals surface area (Å²) in [4.78, 5) is -0.264. The van der Waals surface area contributed by atoms with E-state index in [0.717, 1.165) is 18.2 Å². The van der Waals surface area contributed by atoms with Crippen LogP contribution in [-0.4, -0.2) is 8.42 Å². The van der Waals surface area contributed by atoms with Crippen LogP contribution in [0, 0.1) is 11.6 Å². The van der Waals surface area contributed by atoms with Gasteiger partial charge < -0.3 is 11.1 Å². The summed E-state index contributed by atoms with van der Waals surface area (Å²) in [5, 5.41) is 7.65. The summed E-state index contributed by atoms with van der Waals surface area (Å²) in [6.45, 7) is 0. The number of sulfonamides is 1. The lowest BCUT2D eigenvalue weighted by molar-refractivity contribution is 0.584. The van der Waals surface area contributed by atoms with Gasteiger partial charge >= 0.3 is 0 Å². The van der Waals surface area contributed by atoms with E-state index in [2.05, 4.69) is 5.32 Å². The molecule has 0 aliphatic heterocycles. The Labute approximate surface area is 114 Å². The minimum atomic E-state index is -3.98. The Morgan fingerprint density at radius 3 is 2.20 bits per heavy atom. The van der Waals surface area contributed by atoms with Crippen molar-refractivity contribution in [3.8, 4) is 0 Å². The molecule has 20 heavy (non-hydrogen) atoms. The van der Waals surface area contributed by atoms with Gasteiger partial charge in [0.05, 0.1) is 11.4 Å². The Balaban J connectivity index is 2.44. The second kappa shape index (κ2) is 5.06. The van der Waals surface area contributed by atoms with Crippen LogP contribution in [0.5, 0.6) is 0 Å². The zero-order valence-electron chi connectivity index (χ0n) is 10.1. The molecule has 2 rings (SSSR count). The van der Waals surface area contributed by atoms with Crippen LogP contribution in [0.3, 0.4) is 0 Å². The standard InChI is InChI=1S/C12H11F2N3O2S/c13-7-4-8(14)6-9(5-7)17-10-2-1-3-11(12(10)15)20(16,18)19/h1-6,17H,15H2,(H2,16,18,19). The highest BCUT2D eigenvalue weighted by molar-refractivity contribution is 7.89. The molecular formula is C12H11F2N3O2S. The second-order valence-corrected chi connectivity index (χ2v) is 5.58. The third-order valence-electron chi connectivity index (χ3n) is 2.51. The van der Waals surface area contributed by atoms with Gasteiger partial charge in [0, 0.05) is 11.8 Å². The van der Waals surface area contributed by atoms with Crippen molar-refractivity contribution in [1.29, 1.82) is 0 Å². The fourth-order valence-corrected chi connectivity index (χ4v) is 2.37. The van der Waals surface area contributed by atoms with Crippen LogP contribution in [0.4, 0.5) is 25.8 Å². The molecule has 0 radical (unpaired) electrons. The Kier molecular flexibility index (Phi) is 3.60. The third kappa shape index (κ3) is 3.03. The molecule has 0 bridgehead atoms. The lowest BCUT2D eigenvalue weighted by Gasteiger charge is -2.12. The van der Waals surface area contributed by atoms with Gasteiger partial charge in [0.25, 0.3) is 0 Å². The Morgan fingerprint density at radius 1 is 1.05 bits per heavy atom. The number of anilines is 3. The molecule has 0 amide bonds. The number of halogens is 2. The molecule has 106 valence electrons. The van der Waals surface area contributed by atoms with E-state index in [4.69, 9.17) is 10.9 Å². The monoisotopic (exact) mass is 299 g/mol. The molecule has 0 atom stereocenters. The minimum absolute atomic E-state index is 0.0979. The summed E-state index contributed by atoms with van der Waals surface area (Å²) in [5.41, 5.74) is 5.84. The minimum Gasteiger partial charge on any atom is -0.396 e. The smallest absolute Gasteiger partial charge is 0.240 e. The predicted octanol–water partition coefficient (Wildman–Crippen LogP) is 1.94. The van der Waals surface area contributed by atoms with Gasteiger partial charge in [-0.1, -0.05) is 6.07 Å². The van der Waals surface area contributed by atoms with Gasteiger partial charge in [0.15, 0.2) is 0 Å². The van der Waals surface area contributed by atoms with Crippen molar-refractivity contribution >= 4 is 27.1 Å². The fraction of sp³-hybridized carbons (Fsp3) is 0.